The monoisotopic (exact) mass is 549 g/mol. The lowest BCUT2D eigenvalue weighted by Gasteiger charge is -2.13. The fraction of sp³-hybridized carbons (Fsp3) is 0.0606. The average molecular weight is 550 g/mol. The highest BCUT2D eigenvalue weighted by atomic mass is 35.5. The molecule has 2 amide bonds. The molecule has 0 aromatic heterocycles. The lowest BCUT2D eigenvalue weighted by Crippen LogP contribution is -2.30. The Morgan fingerprint density at radius 1 is 0.725 bits per heavy atom. The summed E-state index contributed by atoms with van der Waals surface area (Å²) >= 11 is 5.90. The third kappa shape index (κ3) is 7.79. The maximum atomic E-state index is 13.3. The number of benzene rings is 4. The van der Waals surface area contributed by atoms with Crippen molar-refractivity contribution in [1.29, 1.82) is 0 Å². The minimum absolute atomic E-state index is 0.0810. The van der Waals surface area contributed by atoms with Gasteiger partial charge in [0, 0.05) is 41.6 Å². The number of nitrogens with one attached hydrogen (secondary N) is 2. The summed E-state index contributed by atoms with van der Waals surface area (Å²) in [6, 6.07) is 30.0. The Labute approximate surface area is 238 Å². The first-order valence-electron chi connectivity index (χ1n) is 12.5. The fourth-order valence-electron chi connectivity index (χ4n) is 3.74. The molecule has 4 rings (SSSR count). The van der Waals surface area contributed by atoms with Crippen LogP contribution in [0.2, 0.25) is 5.02 Å². The number of hydrogen-bond acceptors (Lipinski definition) is 4. The number of carbonyl (C=O) groups excluding carboxylic acids is 3. The molecule has 0 heterocycles. The zero-order chi connectivity index (χ0) is 28.5. The number of halogens is 1. The van der Waals surface area contributed by atoms with E-state index in [1.165, 1.54) is 6.08 Å². The molecule has 0 unspecified atom stereocenters. The zero-order valence-corrected chi connectivity index (χ0v) is 22.9. The molecule has 0 aliphatic carbocycles. The number of carbonyl (C=O) groups is 3. The van der Waals surface area contributed by atoms with Gasteiger partial charge in [0.25, 0.3) is 11.8 Å². The predicted molar refractivity (Wildman–Crippen MR) is 163 cm³/mol. The van der Waals surface area contributed by atoms with Crippen molar-refractivity contribution in [1.82, 2.24) is 5.32 Å². The molecule has 4 aromatic rings. The maximum absolute atomic E-state index is 13.3. The molecule has 0 fully saturated rings. The molecule has 0 bridgehead atoms. The summed E-state index contributed by atoms with van der Waals surface area (Å²) in [6.45, 7) is 0. The van der Waals surface area contributed by atoms with Crippen molar-refractivity contribution in [3.63, 3.8) is 0 Å². The summed E-state index contributed by atoms with van der Waals surface area (Å²) in [5, 5.41) is 6.16. The van der Waals surface area contributed by atoms with Gasteiger partial charge in [0.2, 0.25) is 0 Å². The summed E-state index contributed by atoms with van der Waals surface area (Å²) in [5.41, 5.74) is 4.07. The van der Waals surface area contributed by atoms with Crippen molar-refractivity contribution in [2.45, 2.75) is 0 Å². The minimum atomic E-state index is -0.498. The van der Waals surface area contributed by atoms with Crippen LogP contribution in [0.1, 0.15) is 31.8 Å². The van der Waals surface area contributed by atoms with Crippen LogP contribution in [-0.4, -0.2) is 31.7 Å². The standard InChI is InChI=1S/C33H28ClN3O3/c1-37(2)29-19-10-24(11-20-29)22-30(36-32(39)26-6-4-3-5-7-26)33(40)35-28-17-13-25(14-18-28)31(38)21-12-23-8-15-27(34)16-9-23/h3-22H,1-2H3,(H,35,40)(H,36,39)/b21-12+,30-22-. The van der Waals surface area contributed by atoms with E-state index in [1.807, 2.05) is 61.5 Å². The Balaban J connectivity index is 1.50. The van der Waals surface area contributed by atoms with Gasteiger partial charge in [0.15, 0.2) is 5.78 Å². The molecule has 4 aromatic carbocycles. The van der Waals surface area contributed by atoms with E-state index in [2.05, 4.69) is 10.6 Å². The third-order valence-electron chi connectivity index (χ3n) is 5.97. The normalized spacial score (nSPS) is 11.2. The molecule has 200 valence electrons. The first-order valence-corrected chi connectivity index (χ1v) is 12.9. The average Bonchev–Trinajstić information content (AvgIpc) is 2.97. The summed E-state index contributed by atoms with van der Waals surface area (Å²) < 4.78 is 0. The molecule has 0 atom stereocenters. The van der Waals surface area contributed by atoms with Crippen LogP contribution in [0.5, 0.6) is 0 Å². The lowest BCUT2D eigenvalue weighted by molar-refractivity contribution is -0.113. The molecule has 0 saturated heterocycles. The lowest BCUT2D eigenvalue weighted by atomic mass is 10.1. The number of ketones is 1. The highest BCUT2D eigenvalue weighted by Gasteiger charge is 2.15. The molecule has 0 aliphatic rings. The Kier molecular flexibility index (Phi) is 9.28. The Morgan fingerprint density at radius 2 is 1.35 bits per heavy atom. The SMILES string of the molecule is CN(C)c1ccc(/C=C(\NC(=O)c2ccccc2)C(=O)Nc2ccc(C(=O)/C=C/c3ccc(Cl)cc3)cc2)cc1. The van der Waals surface area contributed by atoms with Crippen molar-refractivity contribution < 1.29 is 14.4 Å². The van der Waals surface area contributed by atoms with Crippen molar-refractivity contribution in [3.8, 4) is 0 Å². The second kappa shape index (κ2) is 13.2. The minimum Gasteiger partial charge on any atom is -0.378 e. The van der Waals surface area contributed by atoms with Crippen LogP contribution in [0.15, 0.2) is 115 Å². The number of nitrogens with zero attached hydrogens (tertiary/aromatic N) is 1. The van der Waals surface area contributed by atoms with E-state index in [0.29, 0.717) is 21.8 Å². The van der Waals surface area contributed by atoms with Crippen molar-refractivity contribution in [2.24, 2.45) is 0 Å². The molecule has 0 saturated carbocycles. The highest BCUT2D eigenvalue weighted by molar-refractivity contribution is 6.30. The van der Waals surface area contributed by atoms with E-state index in [4.69, 9.17) is 11.6 Å². The number of hydrogen-bond donors (Lipinski definition) is 2. The second-order valence-electron chi connectivity index (χ2n) is 9.14. The van der Waals surface area contributed by atoms with Crippen LogP contribution in [0.4, 0.5) is 11.4 Å². The molecule has 40 heavy (non-hydrogen) atoms. The Bertz CT molecular complexity index is 1540. The first kappa shape index (κ1) is 28.1. The number of allylic oxidation sites excluding steroid dienone is 1. The molecule has 2 N–H and O–H groups in total. The van der Waals surface area contributed by atoms with Gasteiger partial charge in [0.05, 0.1) is 0 Å². The molecule has 0 spiro atoms. The molecule has 0 radical (unpaired) electrons. The number of anilines is 2. The highest BCUT2D eigenvalue weighted by Crippen LogP contribution is 2.17. The van der Waals surface area contributed by atoms with Gasteiger partial charge in [-0.1, -0.05) is 60.1 Å². The van der Waals surface area contributed by atoms with Crippen molar-refractivity contribution in [2.75, 3.05) is 24.3 Å². The summed E-state index contributed by atoms with van der Waals surface area (Å²) in [5.74, 6) is -1.08. The van der Waals surface area contributed by atoms with Crippen LogP contribution in [0, 0.1) is 0 Å². The van der Waals surface area contributed by atoms with Gasteiger partial charge in [-0.3, -0.25) is 14.4 Å². The Hall–Kier alpha value is -4.94. The van der Waals surface area contributed by atoms with Gasteiger partial charge in [-0.25, -0.2) is 0 Å². The van der Waals surface area contributed by atoms with E-state index >= 15 is 0 Å². The Morgan fingerprint density at radius 3 is 1.98 bits per heavy atom. The van der Waals surface area contributed by atoms with Crippen LogP contribution >= 0.6 is 11.6 Å². The fourth-order valence-corrected chi connectivity index (χ4v) is 3.86. The summed E-state index contributed by atoms with van der Waals surface area (Å²) in [6.07, 6.45) is 4.82. The van der Waals surface area contributed by atoms with Gasteiger partial charge in [-0.2, -0.15) is 0 Å². The van der Waals surface area contributed by atoms with E-state index in [1.54, 1.807) is 72.8 Å². The molecular formula is C33H28ClN3O3. The second-order valence-corrected chi connectivity index (χ2v) is 9.58. The van der Waals surface area contributed by atoms with E-state index in [-0.39, 0.29) is 11.5 Å². The van der Waals surface area contributed by atoms with E-state index < -0.39 is 11.8 Å². The van der Waals surface area contributed by atoms with Gasteiger partial charge in [-0.15, -0.1) is 0 Å². The summed E-state index contributed by atoms with van der Waals surface area (Å²) in [4.78, 5) is 40.7. The van der Waals surface area contributed by atoms with Crippen LogP contribution in [0.3, 0.4) is 0 Å². The largest absolute Gasteiger partial charge is 0.378 e. The van der Waals surface area contributed by atoms with Gasteiger partial charge in [-0.05, 0) is 83.9 Å². The van der Waals surface area contributed by atoms with Crippen molar-refractivity contribution in [3.05, 3.63) is 142 Å². The third-order valence-corrected chi connectivity index (χ3v) is 6.23. The topological polar surface area (TPSA) is 78.5 Å². The number of amides is 2. The zero-order valence-electron chi connectivity index (χ0n) is 22.1. The molecule has 7 heteroatoms. The predicted octanol–water partition coefficient (Wildman–Crippen LogP) is 6.71. The quantitative estimate of drug-likeness (QED) is 0.180. The van der Waals surface area contributed by atoms with Crippen LogP contribution in [-0.2, 0) is 4.79 Å². The first-order chi connectivity index (χ1) is 19.3. The summed E-state index contributed by atoms with van der Waals surface area (Å²) in [7, 11) is 3.89. The van der Waals surface area contributed by atoms with Crippen LogP contribution in [0.25, 0.3) is 12.2 Å². The van der Waals surface area contributed by atoms with Gasteiger partial charge in [0.1, 0.15) is 5.70 Å². The van der Waals surface area contributed by atoms with Crippen LogP contribution < -0.4 is 15.5 Å². The van der Waals surface area contributed by atoms with E-state index in [9.17, 15) is 14.4 Å². The van der Waals surface area contributed by atoms with Gasteiger partial charge >= 0.3 is 0 Å². The van der Waals surface area contributed by atoms with Crippen molar-refractivity contribution >= 4 is 52.7 Å². The number of rotatable bonds is 9. The molecule has 0 aliphatic heterocycles. The van der Waals surface area contributed by atoms with Gasteiger partial charge < -0.3 is 15.5 Å². The van der Waals surface area contributed by atoms with E-state index in [0.717, 1.165) is 16.8 Å². The smallest absolute Gasteiger partial charge is 0.272 e. The maximum Gasteiger partial charge on any atom is 0.272 e. The molecular weight excluding hydrogens is 522 g/mol. The molecule has 6 nitrogen and oxygen atoms in total.